The van der Waals surface area contributed by atoms with Crippen molar-refractivity contribution in [3.8, 4) is 0 Å². The highest BCUT2D eigenvalue weighted by molar-refractivity contribution is 9.11. The zero-order valence-electron chi connectivity index (χ0n) is 10.7. The van der Waals surface area contributed by atoms with Crippen LogP contribution < -0.4 is 5.32 Å². The molecular formula is C16H14Br2FN. The van der Waals surface area contributed by atoms with Crippen LogP contribution in [0.1, 0.15) is 24.3 Å². The van der Waals surface area contributed by atoms with Gasteiger partial charge < -0.3 is 5.32 Å². The molecule has 1 saturated carbocycles. The molecule has 2 aromatic rings. The van der Waals surface area contributed by atoms with Gasteiger partial charge in [0, 0.05) is 20.7 Å². The molecule has 1 fully saturated rings. The maximum Gasteiger partial charge on any atom is 0.123 e. The Morgan fingerprint density at radius 2 is 1.85 bits per heavy atom. The Morgan fingerprint density at radius 3 is 2.60 bits per heavy atom. The van der Waals surface area contributed by atoms with Crippen LogP contribution in [0.25, 0.3) is 0 Å². The Kier molecular flexibility index (Phi) is 4.13. The summed E-state index contributed by atoms with van der Waals surface area (Å²) in [4.78, 5) is 0. The molecular weight excluding hydrogens is 385 g/mol. The van der Waals surface area contributed by atoms with Gasteiger partial charge in [-0.2, -0.15) is 0 Å². The lowest BCUT2D eigenvalue weighted by atomic mass is 9.76. The van der Waals surface area contributed by atoms with Gasteiger partial charge in [0.05, 0.1) is 0 Å². The van der Waals surface area contributed by atoms with Gasteiger partial charge in [0.2, 0.25) is 0 Å². The Labute approximate surface area is 134 Å². The predicted octanol–water partition coefficient (Wildman–Crippen LogP) is 5.71. The minimum absolute atomic E-state index is 0.145. The Morgan fingerprint density at radius 1 is 1.05 bits per heavy atom. The lowest BCUT2D eigenvalue weighted by molar-refractivity contribution is 0.373. The normalized spacial score (nSPS) is 21.4. The van der Waals surface area contributed by atoms with Crippen molar-refractivity contribution in [3.63, 3.8) is 0 Å². The smallest absolute Gasteiger partial charge is 0.123 e. The fraction of sp³-hybridized carbons (Fsp3) is 0.250. The van der Waals surface area contributed by atoms with E-state index >= 15 is 0 Å². The van der Waals surface area contributed by atoms with E-state index in [0.717, 1.165) is 33.0 Å². The molecule has 0 saturated heterocycles. The van der Waals surface area contributed by atoms with Gasteiger partial charge in [0.1, 0.15) is 5.82 Å². The molecule has 2 aromatic carbocycles. The second kappa shape index (κ2) is 5.86. The minimum Gasteiger partial charge on any atom is -0.381 e. The van der Waals surface area contributed by atoms with Crippen molar-refractivity contribution in [3.05, 3.63) is 62.8 Å². The average Bonchev–Trinajstić information content (AvgIpc) is 2.37. The zero-order valence-corrected chi connectivity index (χ0v) is 13.9. The molecule has 0 spiro atoms. The van der Waals surface area contributed by atoms with E-state index in [4.69, 9.17) is 0 Å². The maximum absolute atomic E-state index is 13.2. The molecule has 3 rings (SSSR count). The summed E-state index contributed by atoms with van der Waals surface area (Å²) in [6, 6.07) is 13.5. The average molecular weight is 399 g/mol. The van der Waals surface area contributed by atoms with E-state index in [1.54, 1.807) is 12.1 Å². The van der Waals surface area contributed by atoms with Gasteiger partial charge in [-0.05, 0) is 70.6 Å². The van der Waals surface area contributed by atoms with Gasteiger partial charge in [-0.25, -0.2) is 4.39 Å². The van der Waals surface area contributed by atoms with E-state index in [1.165, 1.54) is 6.07 Å². The van der Waals surface area contributed by atoms with Crippen LogP contribution in [0, 0.1) is 5.82 Å². The molecule has 1 aliphatic carbocycles. The number of benzene rings is 2. The van der Waals surface area contributed by atoms with Crippen LogP contribution in [0.5, 0.6) is 0 Å². The number of hydrogen-bond acceptors (Lipinski definition) is 1. The summed E-state index contributed by atoms with van der Waals surface area (Å²) in [5.74, 6) is 0.322. The van der Waals surface area contributed by atoms with E-state index in [-0.39, 0.29) is 5.82 Å². The fourth-order valence-electron chi connectivity index (χ4n) is 2.60. The van der Waals surface area contributed by atoms with E-state index in [0.29, 0.717) is 12.0 Å². The lowest BCUT2D eigenvalue weighted by Gasteiger charge is -2.37. The summed E-state index contributed by atoms with van der Waals surface area (Å²) in [6.45, 7) is 0. The van der Waals surface area contributed by atoms with E-state index in [1.807, 2.05) is 18.2 Å². The maximum atomic E-state index is 13.2. The monoisotopic (exact) mass is 397 g/mol. The van der Waals surface area contributed by atoms with Crippen molar-refractivity contribution in [2.75, 3.05) is 5.32 Å². The number of halogens is 3. The molecule has 1 N–H and O–H groups in total. The number of nitrogens with one attached hydrogen (secondary N) is 1. The summed E-state index contributed by atoms with van der Waals surface area (Å²) in [6.07, 6.45) is 2.09. The molecule has 1 nitrogen and oxygen atoms in total. The standard InChI is InChI=1S/C16H14Br2FN/c17-12-4-5-15(18)16(9-12)20-14-7-11(8-14)10-2-1-3-13(19)6-10/h1-6,9,11,14,20H,7-8H2. The molecule has 0 atom stereocenters. The summed E-state index contributed by atoms with van der Waals surface area (Å²) in [5, 5.41) is 3.53. The fourth-order valence-corrected chi connectivity index (χ4v) is 3.32. The van der Waals surface area contributed by atoms with Crippen LogP contribution in [-0.4, -0.2) is 6.04 Å². The Hall–Kier alpha value is -0.870. The largest absolute Gasteiger partial charge is 0.381 e. The first-order valence-electron chi connectivity index (χ1n) is 6.59. The molecule has 0 aliphatic heterocycles. The third-order valence-electron chi connectivity index (χ3n) is 3.75. The topological polar surface area (TPSA) is 12.0 Å². The van der Waals surface area contributed by atoms with Gasteiger partial charge in [-0.1, -0.05) is 28.1 Å². The highest BCUT2D eigenvalue weighted by Crippen LogP contribution is 2.39. The summed E-state index contributed by atoms with van der Waals surface area (Å²) in [5.41, 5.74) is 2.21. The molecule has 20 heavy (non-hydrogen) atoms. The van der Waals surface area contributed by atoms with Crippen LogP contribution in [0.15, 0.2) is 51.4 Å². The van der Waals surface area contributed by atoms with Crippen molar-refractivity contribution >= 4 is 37.5 Å². The summed E-state index contributed by atoms with van der Waals surface area (Å²) < 4.78 is 15.3. The third-order valence-corrected chi connectivity index (χ3v) is 4.93. The number of rotatable bonds is 3. The molecule has 1 aliphatic rings. The first kappa shape index (κ1) is 14.1. The quantitative estimate of drug-likeness (QED) is 0.698. The lowest BCUT2D eigenvalue weighted by Crippen LogP contribution is -2.34. The second-order valence-corrected chi connectivity index (χ2v) is 6.96. The van der Waals surface area contributed by atoms with E-state index in [2.05, 4.69) is 43.2 Å². The molecule has 104 valence electrons. The van der Waals surface area contributed by atoms with Crippen molar-refractivity contribution in [1.82, 2.24) is 0 Å². The van der Waals surface area contributed by atoms with Crippen LogP contribution in [0.2, 0.25) is 0 Å². The van der Waals surface area contributed by atoms with Gasteiger partial charge in [0.15, 0.2) is 0 Å². The van der Waals surface area contributed by atoms with Crippen LogP contribution in [0.3, 0.4) is 0 Å². The van der Waals surface area contributed by atoms with E-state index in [9.17, 15) is 4.39 Å². The molecule has 0 amide bonds. The van der Waals surface area contributed by atoms with Crippen molar-refractivity contribution in [2.45, 2.75) is 24.8 Å². The number of hydrogen-bond donors (Lipinski definition) is 1. The Balaban J connectivity index is 1.62. The van der Waals surface area contributed by atoms with Crippen LogP contribution in [0.4, 0.5) is 10.1 Å². The molecule has 0 unspecified atom stereocenters. The van der Waals surface area contributed by atoms with E-state index < -0.39 is 0 Å². The van der Waals surface area contributed by atoms with Gasteiger partial charge in [0.25, 0.3) is 0 Å². The van der Waals surface area contributed by atoms with Gasteiger partial charge in [-0.15, -0.1) is 0 Å². The molecule has 0 aromatic heterocycles. The Bertz CT molecular complexity index is 624. The molecule has 0 heterocycles. The summed E-state index contributed by atoms with van der Waals surface area (Å²) >= 11 is 7.03. The van der Waals surface area contributed by atoms with Crippen molar-refractivity contribution in [2.24, 2.45) is 0 Å². The first-order chi connectivity index (χ1) is 9.61. The van der Waals surface area contributed by atoms with Crippen molar-refractivity contribution in [1.29, 1.82) is 0 Å². The predicted molar refractivity (Wildman–Crippen MR) is 87.6 cm³/mol. The zero-order chi connectivity index (χ0) is 14.1. The highest BCUT2D eigenvalue weighted by Gasteiger charge is 2.30. The summed E-state index contributed by atoms with van der Waals surface area (Å²) in [7, 11) is 0. The first-order valence-corrected chi connectivity index (χ1v) is 8.17. The molecule has 0 radical (unpaired) electrons. The minimum atomic E-state index is -0.145. The van der Waals surface area contributed by atoms with Gasteiger partial charge in [-0.3, -0.25) is 0 Å². The second-order valence-electron chi connectivity index (χ2n) is 5.19. The third kappa shape index (κ3) is 3.07. The van der Waals surface area contributed by atoms with Gasteiger partial charge >= 0.3 is 0 Å². The molecule has 0 bridgehead atoms. The van der Waals surface area contributed by atoms with Crippen molar-refractivity contribution < 1.29 is 4.39 Å². The SMILES string of the molecule is Fc1cccc(C2CC(Nc3cc(Br)ccc3Br)C2)c1. The molecule has 4 heteroatoms. The van der Waals surface area contributed by atoms with Crippen LogP contribution >= 0.6 is 31.9 Å². The number of anilines is 1. The highest BCUT2D eigenvalue weighted by atomic mass is 79.9. The van der Waals surface area contributed by atoms with Crippen LogP contribution in [-0.2, 0) is 0 Å².